The van der Waals surface area contributed by atoms with Crippen molar-refractivity contribution in [2.45, 2.75) is 0 Å². The molecular weight excluding hydrogens is 214 g/mol. The van der Waals surface area contributed by atoms with Crippen LogP contribution in [0.2, 0.25) is 0 Å². The summed E-state index contributed by atoms with van der Waals surface area (Å²) in [6.45, 7) is 0. The van der Waals surface area contributed by atoms with Gasteiger partial charge in [0.05, 0.1) is 7.11 Å². The fourth-order valence-corrected chi connectivity index (χ4v) is 1.55. The van der Waals surface area contributed by atoms with E-state index in [0.717, 1.165) is 11.2 Å². The van der Waals surface area contributed by atoms with E-state index in [-0.39, 0.29) is 5.97 Å². The second-order valence-electron chi connectivity index (χ2n) is 3.55. The van der Waals surface area contributed by atoms with Crippen molar-refractivity contribution in [1.29, 1.82) is 0 Å². The number of hydrogen-bond acceptors (Lipinski definition) is 2. The largest absolute Gasteiger partial charge is 0.466 e. The van der Waals surface area contributed by atoms with Crippen LogP contribution in [0.3, 0.4) is 0 Å². The number of nitrogens with one attached hydrogen (secondary N) is 1. The third kappa shape index (κ3) is 2.84. The summed E-state index contributed by atoms with van der Waals surface area (Å²) in [5, 5.41) is 1.17. The Labute approximate surface area is 99.4 Å². The number of benzene rings is 1. The van der Waals surface area contributed by atoms with Crippen LogP contribution in [-0.4, -0.2) is 18.1 Å². The molecule has 0 saturated heterocycles. The van der Waals surface area contributed by atoms with Crippen molar-refractivity contribution in [2.24, 2.45) is 0 Å². The van der Waals surface area contributed by atoms with Gasteiger partial charge in [0.25, 0.3) is 0 Å². The molecule has 0 aliphatic rings. The van der Waals surface area contributed by atoms with E-state index in [1.54, 1.807) is 12.2 Å². The van der Waals surface area contributed by atoms with Gasteiger partial charge in [-0.1, -0.05) is 30.4 Å². The number of aromatic amines is 1. The van der Waals surface area contributed by atoms with Crippen LogP contribution in [0, 0.1) is 0 Å². The van der Waals surface area contributed by atoms with E-state index in [1.807, 2.05) is 30.3 Å². The Kier molecular flexibility index (Phi) is 3.40. The van der Waals surface area contributed by atoms with Gasteiger partial charge in [0, 0.05) is 17.3 Å². The molecule has 0 aliphatic carbocycles. The maximum Gasteiger partial charge on any atom is 0.330 e. The SMILES string of the molecule is COC(=O)/C=C\C=C\c1cc2ccccc2[nH]1. The summed E-state index contributed by atoms with van der Waals surface area (Å²) in [7, 11) is 1.36. The number of allylic oxidation sites excluding steroid dienone is 2. The molecule has 1 aromatic heterocycles. The first-order valence-electron chi connectivity index (χ1n) is 5.30. The number of carbonyl (C=O) groups is 1. The summed E-state index contributed by atoms with van der Waals surface area (Å²) >= 11 is 0. The Hall–Kier alpha value is -2.29. The summed E-state index contributed by atoms with van der Waals surface area (Å²) in [6, 6.07) is 10.1. The number of methoxy groups -OCH3 is 1. The predicted molar refractivity (Wildman–Crippen MR) is 68.5 cm³/mol. The Bertz CT molecular complexity index is 546. The smallest absolute Gasteiger partial charge is 0.330 e. The fourth-order valence-electron chi connectivity index (χ4n) is 1.55. The van der Waals surface area contributed by atoms with E-state index in [1.165, 1.54) is 18.6 Å². The molecule has 0 saturated carbocycles. The average Bonchev–Trinajstić information content (AvgIpc) is 2.76. The molecule has 86 valence electrons. The number of para-hydroxylation sites is 1. The number of H-pyrrole nitrogens is 1. The number of carbonyl (C=O) groups excluding carboxylic acids is 1. The molecule has 0 unspecified atom stereocenters. The number of ether oxygens (including phenoxy) is 1. The molecule has 17 heavy (non-hydrogen) atoms. The van der Waals surface area contributed by atoms with Gasteiger partial charge in [-0.25, -0.2) is 4.79 Å². The molecule has 1 heterocycles. The van der Waals surface area contributed by atoms with Crippen LogP contribution in [0.15, 0.2) is 48.6 Å². The van der Waals surface area contributed by atoms with E-state index >= 15 is 0 Å². The number of hydrogen-bond donors (Lipinski definition) is 1. The van der Waals surface area contributed by atoms with Crippen LogP contribution in [0.1, 0.15) is 5.69 Å². The Morgan fingerprint density at radius 2 is 2.12 bits per heavy atom. The number of rotatable bonds is 3. The lowest BCUT2D eigenvalue weighted by atomic mass is 10.2. The van der Waals surface area contributed by atoms with Crippen molar-refractivity contribution in [3.8, 4) is 0 Å². The van der Waals surface area contributed by atoms with Gasteiger partial charge in [-0.3, -0.25) is 0 Å². The zero-order valence-electron chi connectivity index (χ0n) is 9.51. The van der Waals surface area contributed by atoms with Crippen LogP contribution >= 0.6 is 0 Å². The normalized spacial score (nSPS) is 11.6. The van der Waals surface area contributed by atoms with Crippen molar-refractivity contribution >= 4 is 22.9 Å². The highest BCUT2D eigenvalue weighted by Crippen LogP contribution is 2.15. The third-order valence-corrected chi connectivity index (χ3v) is 2.37. The van der Waals surface area contributed by atoms with Gasteiger partial charge >= 0.3 is 5.97 Å². The maximum atomic E-state index is 10.8. The van der Waals surface area contributed by atoms with E-state index < -0.39 is 0 Å². The van der Waals surface area contributed by atoms with Crippen molar-refractivity contribution in [1.82, 2.24) is 4.98 Å². The predicted octanol–water partition coefficient (Wildman–Crippen LogP) is 2.91. The van der Waals surface area contributed by atoms with Gasteiger partial charge in [0.2, 0.25) is 0 Å². The molecule has 0 amide bonds. The minimum atomic E-state index is -0.355. The molecule has 0 spiro atoms. The van der Waals surface area contributed by atoms with Gasteiger partial charge in [-0.05, 0) is 23.6 Å². The second-order valence-corrected chi connectivity index (χ2v) is 3.55. The molecule has 3 nitrogen and oxygen atoms in total. The summed E-state index contributed by atoms with van der Waals surface area (Å²) in [4.78, 5) is 14.1. The Morgan fingerprint density at radius 3 is 2.88 bits per heavy atom. The second kappa shape index (κ2) is 5.16. The number of aromatic nitrogens is 1. The van der Waals surface area contributed by atoms with Gasteiger partial charge in [0.1, 0.15) is 0 Å². The van der Waals surface area contributed by atoms with Crippen LogP contribution in [0.25, 0.3) is 17.0 Å². The summed E-state index contributed by atoms with van der Waals surface area (Å²) in [5.41, 5.74) is 2.10. The molecular formula is C14H13NO2. The van der Waals surface area contributed by atoms with Crippen molar-refractivity contribution < 1.29 is 9.53 Å². The molecule has 1 N–H and O–H groups in total. The molecule has 0 aliphatic heterocycles. The summed E-state index contributed by atoms with van der Waals surface area (Å²) in [6.07, 6.45) is 6.72. The topological polar surface area (TPSA) is 42.1 Å². The van der Waals surface area contributed by atoms with Gasteiger partial charge in [-0.15, -0.1) is 0 Å². The zero-order valence-corrected chi connectivity index (χ0v) is 9.51. The van der Waals surface area contributed by atoms with E-state index in [0.29, 0.717) is 0 Å². The molecule has 1 aromatic carbocycles. The number of esters is 1. The first kappa shape index (κ1) is 11.2. The van der Waals surface area contributed by atoms with E-state index in [4.69, 9.17) is 0 Å². The van der Waals surface area contributed by atoms with Gasteiger partial charge < -0.3 is 9.72 Å². The number of fused-ring (bicyclic) bond motifs is 1. The van der Waals surface area contributed by atoms with Gasteiger partial charge in [0.15, 0.2) is 0 Å². The molecule has 0 atom stereocenters. The van der Waals surface area contributed by atoms with Crippen molar-refractivity contribution in [3.05, 3.63) is 54.3 Å². The van der Waals surface area contributed by atoms with Crippen LogP contribution in [-0.2, 0) is 9.53 Å². The lowest BCUT2D eigenvalue weighted by Crippen LogP contribution is -1.92. The lowest BCUT2D eigenvalue weighted by Gasteiger charge is -1.86. The first-order chi connectivity index (χ1) is 8.29. The van der Waals surface area contributed by atoms with E-state index in [9.17, 15) is 4.79 Å². The molecule has 3 heteroatoms. The highest BCUT2D eigenvalue weighted by Gasteiger charge is 1.95. The van der Waals surface area contributed by atoms with Crippen LogP contribution in [0.4, 0.5) is 0 Å². The van der Waals surface area contributed by atoms with Gasteiger partial charge in [-0.2, -0.15) is 0 Å². The zero-order chi connectivity index (χ0) is 12.1. The molecule has 0 fully saturated rings. The van der Waals surface area contributed by atoms with Crippen LogP contribution in [0.5, 0.6) is 0 Å². The summed E-state index contributed by atoms with van der Waals surface area (Å²) < 4.78 is 4.48. The Morgan fingerprint density at radius 1 is 1.29 bits per heavy atom. The molecule has 0 bridgehead atoms. The van der Waals surface area contributed by atoms with Crippen molar-refractivity contribution in [3.63, 3.8) is 0 Å². The quantitative estimate of drug-likeness (QED) is 0.497. The monoisotopic (exact) mass is 227 g/mol. The van der Waals surface area contributed by atoms with E-state index in [2.05, 4.69) is 15.8 Å². The highest BCUT2D eigenvalue weighted by molar-refractivity contribution is 5.83. The molecule has 2 rings (SSSR count). The highest BCUT2D eigenvalue weighted by atomic mass is 16.5. The average molecular weight is 227 g/mol. The fraction of sp³-hybridized carbons (Fsp3) is 0.0714. The Balaban J connectivity index is 2.10. The summed E-state index contributed by atoms with van der Waals surface area (Å²) in [5.74, 6) is -0.355. The minimum absolute atomic E-state index is 0.355. The lowest BCUT2D eigenvalue weighted by molar-refractivity contribution is -0.134. The third-order valence-electron chi connectivity index (χ3n) is 2.37. The van der Waals surface area contributed by atoms with Crippen molar-refractivity contribution in [2.75, 3.05) is 7.11 Å². The standard InChI is InChI=1S/C14H13NO2/c1-17-14(16)9-5-3-7-12-10-11-6-2-4-8-13(11)15-12/h2-10,15H,1H3/b7-3+,9-5-. The first-order valence-corrected chi connectivity index (χ1v) is 5.30. The molecule has 0 radical (unpaired) electrons. The maximum absolute atomic E-state index is 10.8. The molecule has 2 aromatic rings. The van der Waals surface area contributed by atoms with Crippen LogP contribution < -0.4 is 0 Å². The minimum Gasteiger partial charge on any atom is -0.466 e.